The molecule has 3 amide bonds. The topological polar surface area (TPSA) is 88.9 Å². The van der Waals surface area contributed by atoms with Gasteiger partial charge in [0.1, 0.15) is 5.82 Å². The number of aromatic nitrogens is 3. The van der Waals surface area contributed by atoms with Crippen molar-refractivity contribution in [2.45, 2.75) is 62.0 Å². The van der Waals surface area contributed by atoms with Crippen LogP contribution < -0.4 is 10.6 Å². The van der Waals surface area contributed by atoms with Crippen LogP contribution in [-0.2, 0) is 11.3 Å². The van der Waals surface area contributed by atoms with Crippen LogP contribution in [-0.4, -0.2) is 38.0 Å². The summed E-state index contributed by atoms with van der Waals surface area (Å²) in [5.41, 5.74) is 0.322. The maximum atomic E-state index is 14.2. The molecule has 0 radical (unpaired) electrons. The smallest absolute Gasteiger partial charge is 0.321 e. The maximum Gasteiger partial charge on any atom is 0.321 e. The molecule has 1 aromatic carbocycles. The lowest BCUT2D eigenvalue weighted by Crippen LogP contribution is -2.47. The Morgan fingerprint density at radius 1 is 1.30 bits per heavy atom. The Labute approximate surface area is 179 Å². The zero-order chi connectivity index (χ0) is 21.5. The van der Waals surface area contributed by atoms with Gasteiger partial charge < -0.3 is 5.32 Å². The molecule has 1 saturated carbocycles. The summed E-state index contributed by atoms with van der Waals surface area (Å²) >= 11 is 1.15. The van der Waals surface area contributed by atoms with Crippen molar-refractivity contribution in [2.75, 3.05) is 0 Å². The fourth-order valence-corrected chi connectivity index (χ4v) is 4.26. The number of nitrogens with one attached hydrogen (secondary N) is 2. The summed E-state index contributed by atoms with van der Waals surface area (Å²) in [5, 5.41) is 13.4. The van der Waals surface area contributed by atoms with Crippen molar-refractivity contribution in [2.24, 2.45) is 0 Å². The second kappa shape index (κ2) is 10.4. The monoisotopic (exact) mass is 431 g/mol. The summed E-state index contributed by atoms with van der Waals surface area (Å²) in [5.74, 6) is -0.469. The first kappa shape index (κ1) is 22.0. The molecule has 2 aromatic rings. The van der Waals surface area contributed by atoms with Crippen LogP contribution in [0.15, 0.2) is 42.1 Å². The van der Waals surface area contributed by atoms with Crippen molar-refractivity contribution < 1.29 is 14.0 Å². The van der Waals surface area contributed by atoms with Crippen LogP contribution in [0.25, 0.3) is 11.4 Å². The highest BCUT2D eigenvalue weighted by atomic mass is 32.2. The number of benzene rings is 1. The number of hydrogen-bond donors (Lipinski definition) is 2. The number of allylic oxidation sites excluding steroid dienone is 1. The summed E-state index contributed by atoms with van der Waals surface area (Å²) < 4.78 is 15.9. The maximum absolute atomic E-state index is 14.2. The van der Waals surface area contributed by atoms with Crippen molar-refractivity contribution >= 4 is 23.7 Å². The fourth-order valence-electron chi connectivity index (χ4n) is 3.40. The van der Waals surface area contributed by atoms with E-state index < -0.39 is 23.0 Å². The number of carbonyl (C=O) groups excluding carboxylic acids is 2. The van der Waals surface area contributed by atoms with E-state index in [4.69, 9.17) is 0 Å². The number of carbonyl (C=O) groups is 2. The first-order valence-corrected chi connectivity index (χ1v) is 10.9. The summed E-state index contributed by atoms with van der Waals surface area (Å²) in [4.78, 5) is 24.6. The number of rotatable bonds is 7. The van der Waals surface area contributed by atoms with E-state index in [2.05, 4.69) is 27.4 Å². The van der Waals surface area contributed by atoms with Crippen LogP contribution in [0.4, 0.5) is 9.18 Å². The molecule has 1 aromatic heterocycles. The van der Waals surface area contributed by atoms with Gasteiger partial charge in [0.2, 0.25) is 5.91 Å². The highest BCUT2D eigenvalue weighted by molar-refractivity contribution is 8.00. The van der Waals surface area contributed by atoms with E-state index >= 15 is 0 Å². The van der Waals surface area contributed by atoms with E-state index in [1.54, 1.807) is 35.8 Å². The van der Waals surface area contributed by atoms with Gasteiger partial charge in [0.15, 0.2) is 11.0 Å². The second-order valence-corrected chi connectivity index (χ2v) is 8.55. The molecule has 0 bridgehead atoms. The van der Waals surface area contributed by atoms with Crippen LogP contribution >= 0.6 is 11.8 Å². The van der Waals surface area contributed by atoms with Crippen LogP contribution in [0.5, 0.6) is 0 Å². The first-order chi connectivity index (χ1) is 14.5. The molecule has 1 fully saturated rings. The van der Waals surface area contributed by atoms with Crippen molar-refractivity contribution in [1.82, 2.24) is 25.4 Å². The lowest BCUT2D eigenvalue weighted by molar-refractivity contribution is -0.119. The van der Waals surface area contributed by atoms with Gasteiger partial charge in [-0.3, -0.25) is 14.7 Å². The van der Waals surface area contributed by atoms with E-state index in [0.29, 0.717) is 23.1 Å². The minimum Gasteiger partial charge on any atom is -0.335 e. The lowest BCUT2D eigenvalue weighted by atomic mass is 9.96. The van der Waals surface area contributed by atoms with E-state index in [-0.39, 0.29) is 6.04 Å². The molecule has 1 atom stereocenters. The van der Waals surface area contributed by atoms with Crippen LogP contribution in [0.3, 0.4) is 0 Å². The zero-order valence-corrected chi connectivity index (χ0v) is 17.8. The molecular weight excluding hydrogens is 405 g/mol. The Morgan fingerprint density at radius 3 is 2.73 bits per heavy atom. The Morgan fingerprint density at radius 2 is 2.03 bits per heavy atom. The Hall–Kier alpha value is -2.68. The van der Waals surface area contributed by atoms with Gasteiger partial charge in [-0.15, -0.1) is 16.8 Å². The van der Waals surface area contributed by atoms with Gasteiger partial charge in [0.25, 0.3) is 0 Å². The van der Waals surface area contributed by atoms with Crippen LogP contribution in [0.2, 0.25) is 0 Å². The predicted molar refractivity (Wildman–Crippen MR) is 114 cm³/mol. The van der Waals surface area contributed by atoms with E-state index in [9.17, 15) is 14.0 Å². The van der Waals surface area contributed by atoms with Crippen molar-refractivity contribution in [3.05, 3.63) is 42.7 Å². The molecule has 160 valence electrons. The summed E-state index contributed by atoms with van der Waals surface area (Å²) in [6.07, 6.45) is 6.90. The van der Waals surface area contributed by atoms with Gasteiger partial charge in [0, 0.05) is 12.6 Å². The van der Waals surface area contributed by atoms with Gasteiger partial charge in [0.05, 0.1) is 10.8 Å². The molecule has 7 nitrogen and oxygen atoms in total. The van der Waals surface area contributed by atoms with Crippen LogP contribution in [0.1, 0.15) is 39.0 Å². The lowest BCUT2D eigenvalue weighted by Gasteiger charge is -2.23. The number of amides is 3. The van der Waals surface area contributed by atoms with Crippen molar-refractivity contribution in [3.63, 3.8) is 0 Å². The molecule has 3 rings (SSSR count). The minimum absolute atomic E-state index is 0.119. The highest BCUT2D eigenvalue weighted by Gasteiger charge is 2.24. The van der Waals surface area contributed by atoms with Gasteiger partial charge in [-0.05, 0) is 31.9 Å². The van der Waals surface area contributed by atoms with Crippen molar-refractivity contribution in [3.8, 4) is 11.4 Å². The highest BCUT2D eigenvalue weighted by Crippen LogP contribution is 2.28. The largest absolute Gasteiger partial charge is 0.335 e. The third-order valence-corrected chi connectivity index (χ3v) is 6.05. The van der Waals surface area contributed by atoms with E-state index in [1.165, 1.54) is 12.5 Å². The van der Waals surface area contributed by atoms with E-state index in [1.807, 2.05) is 0 Å². The van der Waals surface area contributed by atoms with Crippen LogP contribution in [0, 0.1) is 5.82 Å². The molecule has 1 aliphatic carbocycles. The normalized spacial score (nSPS) is 15.4. The SMILES string of the molecule is C=CCn1c(SC(C)C(=O)NC(=O)NC2CCCCC2)nnc1-c1ccccc1F. The molecule has 1 heterocycles. The zero-order valence-electron chi connectivity index (χ0n) is 16.9. The quantitative estimate of drug-likeness (QED) is 0.513. The standard InChI is InChI=1S/C21H26FN5O2S/c1-3-13-27-18(16-11-7-8-12-17(16)22)25-26-21(27)30-14(2)19(28)24-20(29)23-15-9-5-4-6-10-15/h3,7-8,11-12,14-15H,1,4-6,9-10,13H2,2H3,(H2,23,24,28,29). The molecule has 0 saturated heterocycles. The summed E-state index contributed by atoms with van der Waals surface area (Å²) in [6.45, 7) is 5.77. The first-order valence-electron chi connectivity index (χ1n) is 10.1. The number of thioether (sulfide) groups is 1. The Bertz CT molecular complexity index is 911. The number of hydrogen-bond acceptors (Lipinski definition) is 5. The molecule has 9 heteroatoms. The summed E-state index contributed by atoms with van der Waals surface area (Å²) in [7, 11) is 0. The van der Waals surface area contributed by atoms with Gasteiger partial charge >= 0.3 is 6.03 Å². The number of halogens is 1. The third kappa shape index (κ3) is 5.47. The second-order valence-electron chi connectivity index (χ2n) is 7.24. The Balaban J connectivity index is 1.66. The summed E-state index contributed by atoms with van der Waals surface area (Å²) in [6, 6.07) is 5.95. The third-order valence-electron chi connectivity index (χ3n) is 4.97. The predicted octanol–water partition coefficient (Wildman–Crippen LogP) is 3.91. The fraction of sp³-hybridized carbons (Fsp3) is 0.429. The molecule has 30 heavy (non-hydrogen) atoms. The van der Waals surface area contributed by atoms with Gasteiger partial charge in [-0.2, -0.15) is 0 Å². The minimum atomic E-state index is -0.594. The van der Waals surface area contributed by atoms with Gasteiger partial charge in [-0.25, -0.2) is 9.18 Å². The molecular formula is C21H26FN5O2S. The number of nitrogens with zero attached hydrogens (tertiary/aromatic N) is 3. The molecule has 1 aliphatic rings. The average Bonchev–Trinajstić information content (AvgIpc) is 3.11. The molecule has 2 N–H and O–H groups in total. The average molecular weight is 432 g/mol. The van der Waals surface area contributed by atoms with Gasteiger partial charge in [-0.1, -0.05) is 49.2 Å². The molecule has 1 unspecified atom stereocenters. The van der Waals surface area contributed by atoms with E-state index in [0.717, 1.165) is 37.4 Å². The Kier molecular flexibility index (Phi) is 7.62. The van der Waals surface area contributed by atoms with Crippen molar-refractivity contribution in [1.29, 1.82) is 0 Å². The number of urea groups is 1. The molecule has 0 aliphatic heterocycles. The molecule has 0 spiro atoms. The number of imide groups is 1.